The van der Waals surface area contributed by atoms with Crippen LogP contribution in [-0.2, 0) is 0 Å². The summed E-state index contributed by atoms with van der Waals surface area (Å²) in [5.41, 5.74) is 10.5. The molecule has 4 nitrogen and oxygen atoms in total. The lowest BCUT2D eigenvalue weighted by Gasteiger charge is -2.02. The molecule has 0 bridgehead atoms. The molecule has 3 aromatic rings. The smallest absolute Gasteiger partial charge is 0.283 e. The fraction of sp³-hybridized carbons (Fsp3) is 0.0588. The summed E-state index contributed by atoms with van der Waals surface area (Å²) >= 11 is 7.64. The molecular formula is C17H14ClN3OS. The van der Waals surface area contributed by atoms with Gasteiger partial charge in [0, 0.05) is 15.8 Å². The second-order valence-corrected chi connectivity index (χ2v) is 6.43. The predicted molar refractivity (Wildman–Crippen MR) is 97.4 cm³/mol. The first-order valence-corrected chi connectivity index (χ1v) is 8.13. The molecule has 0 atom stereocenters. The van der Waals surface area contributed by atoms with Gasteiger partial charge in [-0.1, -0.05) is 41.9 Å². The lowest BCUT2D eigenvalue weighted by Crippen LogP contribution is -2.18. The van der Waals surface area contributed by atoms with Crippen molar-refractivity contribution in [3.63, 3.8) is 0 Å². The number of carbonyl (C=O) groups is 1. The number of nitrogen functional groups attached to an aromatic ring is 1. The van der Waals surface area contributed by atoms with Crippen molar-refractivity contribution in [1.82, 2.24) is 5.43 Å². The fourth-order valence-electron chi connectivity index (χ4n) is 2.13. The standard InChI is InChI=1S/C17H14ClN3OS/c1-10(11-6-8-12(19)9-7-11)20-21-17(22)16-15(18)13-4-2-3-5-14(13)23-16/h2-9H,19H2,1H3,(H,21,22). The molecule has 1 aromatic heterocycles. The highest BCUT2D eigenvalue weighted by atomic mass is 35.5. The van der Waals surface area contributed by atoms with Crippen molar-refractivity contribution in [2.24, 2.45) is 5.10 Å². The maximum atomic E-state index is 12.3. The molecule has 2 aromatic carbocycles. The van der Waals surface area contributed by atoms with Crippen LogP contribution in [0.15, 0.2) is 53.6 Å². The van der Waals surface area contributed by atoms with Gasteiger partial charge in [-0.15, -0.1) is 11.3 Å². The summed E-state index contributed by atoms with van der Waals surface area (Å²) in [6.07, 6.45) is 0. The minimum atomic E-state index is -0.314. The van der Waals surface area contributed by atoms with Crippen LogP contribution in [0.4, 0.5) is 5.69 Å². The Morgan fingerprint density at radius 3 is 2.57 bits per heavy atom. The average molecular weight is 344 g/mol. The number of hydrogen-bond acceptors (Lipinski definition) is 4. The van der Waals surface area contributed by atoms with E-state index in [2.05, 4.69) is 10.5 Å². The van der Waals surface area contributed by atoms with Gasteiger partial charge >= 0.3 is 0 Å². The van der Waals surface area contributed by atoms with E-state index in [-0.39, 0.29) is 5.91 Å². The second kappa shape index (κ2) is 6.40. The molecule has 0 aliphatic heterocycles. The van der Waals surface area contributed by atoms with Crippen molar-refractivity contribution in [2.75, 3.05) is 5.73 Å². The van der Waals surface area contributed by atoms with Gasteiger partial charge in [-0.05, 0) is 30.7 Å². The van der Waals surface area contributed by atoms with Crippen LogP contribution in [0.5, 0.6) is 0 Å². The van der Waals surface area contributed by atoms with E-state index in [9.17, 15) is 4.79 Å². The molecule has 0 unspecified atom stereocenters. The Morgan fingerprint density at radius 2 is 1.87 bits per heavy atom. The Balaban J connectivity index is 1.81. The van der Waals surface area contributed by atoms with E-state index in [1.54, 1.807) is 12.1 Å². The lowest BCUT2D eigenvalue weighted by atomic mass is 10.1. The van der Waals surface area contributed by atoms with Crippen LogP contribution in [0.25, 0.3) is 10.1 Å². The summed E-state index contributed by atoms with van der Waals surface area (Å²) in [5.74, 6) is -0.314. The molecule has 3 N–H and O–H groups in total. The van der Waals surface area contributed by atoms with Crippen molar-refractivity contribution in [3.05, 3.63) is 64.0 Å². The van der Waals surface area contributed by atoms with Crippen LogP contribution in [-0.4, -0.2) is 11.6 Å². The number of rotatable bonds is 3. The molecule has 1 amide bonds. The number of nitrogens with one attached hydrogen (secondary N) is 1. The van der Waals surface area contributed by atoms with Gasteiger partial charge in [0.15, 0.2) is 0 Å². The Labute approximate surface area is 142 Å². The summed E-state index contributed by atoms with van der Waals surface area (Å²) < 4.78 is 0.974. The van der Waals surface area contributed by atoms with Gasteiger partial charge in [0.2, 0.25) is 0 Å². The quantitative estimate of drug-likeness (QED) is 0.423. The SMILES string of the molecule is CC(=NNC(=O)c1sc2ccccc2c1Cl)c1ccc(N)cc1. The van der Waals surface area contributed by atoms with E-state index < -0.39 is 0 Å². The van der Waals surface area contributed by atoms with Crippen molar-refractivity contribution in [2.45, 2.75) is 6.92 Å². The Kier molecular flexibility index (Phi) is 4.32. The van der Waals surface area contributed by atoms with Gasteiger partial charge in [-0.2, -0.15) is 5.10 Å². The van der Waals surface area contributed by atoms with E-state index in [1.165, 1.54) is 11.3 Å². The summed E-state index contributed by atoms with van der Waals surface area (Å²) in [4.78, 5) is 12.8. The summed E-state index contributed by atoms with van der Waals surface area (Å²) in [6, 6.07) is 14.9. The zero-order valence-corrected chi connectivity index (χ0v) is 13.9. The zero-order chi connectivity index (χ0) is 16.4. The largest absolute Gasteiger partial charge is 0.399 e. The number of amides is 1. The maximum Gasteiger partial charge on any atom is 0.283 e. The number of thiophene rings is 1. The number of carbonyl (C=O) groups excluding carboxylic acids is 1. The molecule has 0 spiro atoms. The minimum absolute atomic E-state index is 0.314. The summed E-state index contributed by atoms with van der Waals surface area (Å²) in [5, 5.41) is 5.48. The molecule has 0 aliphatic carbocycles. The fourth-order valence-corrected chi connectivity index (χ4v) is 3.54. The van der Waals surface area contributed by atoms with E-state index >= 15 is 0 Å². The first kappa shape index (κ1) is 15.5. The number of hydrazone groups is 1. The van der Waals surface area contributed by atoms with Gasteiger partial charge < -0.3 is 5.73 Å². The van der Waals surface area contributed by atoms with Gasteiger partial charge in [-0.25, -0.2) is 5.43 Å². The van der Waals surface area contributed by atoms with E-state index in [0.717, 1.165) is 15.6 Å². The highest BCUT2D eigenvalue weighted by Crippen LogP contribution is 2.34. The number of nitrogens with zero attached hydrogens (tertiary/aromatic N) is 1. The van der Waals surface area contributed by atoms with Gasteiger partial charge in [0.05, 0.1) is 10.7 Å². The van der Waals surface area contributed by atoms with Crippen LogP contribution in [0.1, 0.15) is 22.2 Å². The van der Waals surface area contributed by atoms with Crippen molar-refractivity contribution >= 4 is 50.3 Å². The highest BCUT2D eigenvalue weighted by molar-refractivity contribution is 7.21. The molecule has 3 rings (SSSR count). The number of anilines is 1. The monoisotopic (exact) mass is 343 g/mol. The third kappa shape index (κ3) is 3.21. The van der Waals surface area contributed by atoms with Crippen molar-refractivity contribution < 1.29 is 4.79 Å². The Hall–Kier alpha value is -2.37. The van der Waals surface area contributed by atoms with Gasteiger partial charge in [0.1, 0.15) is 4.88 Å². The average Bonchev–Trinajstić information content (AvgIpc) is 2.90. The number of halogens is 1. The highest BCUT2D eigenvalue weighted by Gasteiger charge is 2.16. The maximum absolute atomic E-state index is 12.3. The third-order valence-corrected chi connectivity index (χ3v) is 5.07. The summed E-state index contributed by atoms with van der Waals surface area (Å²) in [7, 11) is 0. The zero-order valence-electron chi connectivity index (χ0n) is 12.3. The Bertz CT molecular complexity index is 900. The summed E-state index contributed by atoms with van der Waals surface area (Å²) in [6.45, 7) is 1.82. The lowest BCUT2D eigenvalue weighted by molar-refractivity contribution is 0.0959. The first-order chi connectivity index (χ1) is 11.1. The second-order valence-electron chi connectivity index (χ2n) is 5.00. The molecule has 0 saturated carbocycles. The van der Waals surface area contributed by atoms with E-state index in [4.69, 9.17) is 17.3 Å². The third-order valence-electron chi connectivity index (χ3n) is 3.39. The molecule has 23 heavy (non-hydrogen) atoms. The van der Waals surface area contributed by atoms with E-state index in [0.29, 0.717) is 21.3 Å². The number of benzene rings is 2. The molecule has 0 fully saturated rings. The molecular weight excluding hydrogens is 330 g/mol. The van der Waals surface area contributed by atoms with Crippen LogP contribution < -0.4 is 11.2 Å². The van der Waals surface area contributed by atoms with Crippen molar-refractivity contribution in [1.29, 1.82) is 0 Å². The van der Waals surface area contributed by atoms with Crippen molar-refractivity contribution in [3.8, 4) is 0 Å². The van der Waals surface area contributed by atoms with Crippen LogP contribution in [0.3, 0.4) is 0 Å². The molecule has 116 valence electrons. The normalized spacial score (nSPS) is 11.7. The number of nitrogens with two attached hydrogens (primary N) is 1. The molecule has 0 saturated heterocycles. The van der Waals surface area contributed by atoms with E-state index in [1.807, 2.05) is 43.3 Å². The molecule has 0 aliphatic rings. The Morgan fingerprint density at radius 1 is 1.17 bits per heavy atom. The van der Waals surface area contributed by atoms with Crippen LogP contribution in [0.2, 0.25) is 5.02 Å². The predicted octanol–water partition coefficient (Wildman–Crippen LogP) is 4.29. The van der Waals surface area contributed by atoms with Gasteiger partial charge in [0.25, 0.3) is 5.91 Å². The number of fused-ring (bicyclic) bond motifs is 1. The first-order valence-electron chi connectivity index (χ1n) is 6.94. The topological polar surface area (TPSA) is 67.5 Å². The minimum Gasteiger partial charge on any atom is -0.399 e. The van der Waals surface area contributed by atoms with Gasteiger partial charge in [-0.3, -0.25) is 4.79 Å². The molecule has 0 radical (unpaired) electrons. The van der Waals surface area contributed by atoms with Crippen LogP contribution >= 0.6 is 22.9 Å². The van der Waals surface area contributed by atoms with Crippen LogP contribution in [0, 0.1) is 0 Å². The molecule has 1 heterocycles. The molecule has 6 heteroatoms. The number of hydrogen-bond donors (Lipinski definition) is 2.